The molecule has 204 valence electrons. The highest BCUT2D eigenvalue weighted by Crippen LogP contribution is 2.29. The molecule has 5 heterocycles. The van der Waals surface area contributed by atoms with Gasteiger partial charge in [0, 0.05) is 49.9 Å². The zero-order chi connectivity index (χ0) is 27.1. The van der Waals surface area contributed by atoms with E-state index < -0.39 is 0 Å². The van der Waals surface area contributed by atoms with E-state index in [1.807, 2.05) is 43.5 Å². The van der Waals surface area contributed by atoms with E-state index in [-0.39, 0.29) is 18.0 Å². The fraction of sp³-hybridized carbons (Fsp3) is 0.385. The monoisotopic (exact) mass is 533 g/mol. The minimum absolute atomic E-state index is 0.0523. The molecular weight excluding hydrogens is 502 g/mol. The Morgan fingerprint density at radius 2 is 2.03 bits per heavy atom. The molecule has 1 aromatic carbocycles. The summed E-state index contributed by atoms with van der Waals surface area (Å²) in [7, 11) is 3.09. The quantitative estimate of drug-likeness (QED) is 0.415. The number of hydrazone groups is 1. The van der Waals surface area contributed by atoms with E-state index in [4.69, 9.17) is 9.47 Å². The fourth-order valence-electron chi connectivity index (χ4n) is 5.03. The van der Waals surface area contributed by atoms with Gasteiger partial charge in [0.15, 0.2) is 5.84 Å². The third kappa shape index (κ3) is 4.59. The summed E-state index contributed by atoms with van der Waals surface area (Å²) in [5.41, 5.74) is 10.9. The highest BCUT2D eigenvalue weighted by atomic mass is 16.5. The van der Waals surface area contributed by atoms with Gasteiger partial charge >= 0.3 is 6.09 Å². The van der Waals surface area contributed by atoms with Gasteiger partial charge < -0.3 is 24.6 Å². The van der Waals surface area contributed by atoms with Crippen LogP contribution in [0.4, 0.5) is 16.2 Å². The van der Waals surface area contributed by atoms with Gasteiger partial charge in [-0.15, -0.1) is 10.2 Å². The number of aryl methyl sites for hydroxylation is 1. The summed E-state index contributed by atoms with van der Waals surface area (Å²) in [5.74, 6) is 0.376. The number of carbonyl (C=O) groups excluding carboxylic acids is 2. The number of carbonyl (C=O) groups is 2. The molecule has 13 heteroatoms. The number of anilines is 2. The maximum atomic E-state index is 13.4. The van der Waals surface area contributed by atoms with Crippen molar-refractivity contribution in [1.82, 2.24) is 30.6 Å². The Labute approximate surface area is 225 Å². The van der Waals surface area contributed by atoms with Crippen molar-refractivity contribution < 1.29 is 19.1 Å². The lowest BCUT2D eigenvalue weighted by molar-refractivity contribution is -0.00354. The normalized spacial score (nSPS) is 19.2. The maximum Gasteiger partial charge on any atom is 0.409 e. The van der Waals surface area contributed by atoms with Gasteiger partial charge in [-0.05, 0) is 37.1 Å². The van der Waals surface area contributed by atoms with Crippen molar-refractivity contribution in [2.24, 2.45) is 5.10 Å². The number of amidine groups is 1. The second kappa shape index (κ2) is 10.1. The Balaban J connectivity index is 1.15. The molecule has 2 amide bonds. The van der Waals surface area contributed by atoms with Crippen LogP contribution in [0, 0.1) is 6.92 Å². The third-order valence-electron chi connectivity index (χ3n) is 7.50. The third-order valence-corrected chi connectivity index (χ3v) is 7.50. The number of rotatable bonds is 7. The second-order valence-electron chi connectivity index (χ2n) is 9.92. The minimum Gasteiger partial charge on any atom is -0.453 e. The van der Waals surface area contributed by atoms with Crippen LogP contribution in [0.15, 0.2) is 47.8 Å². The molecule has 13 nitrogen and oxygen atoms in total. The predicted octanol–water partition coefficient (Wildman–Crippen LogP) is 1.56. The Bertz CT molecular complexity index is 1450. The number of fused-ring (bicyclic) bond motifs is 1. The number of pyridine rings is 1. The highest BCUT2D eigenvalue weighted by Gasteiger charge is 2.38. The summed E-state index contributed by atoms with van der Waals surface area (Å²) in [6.45, 7) is 4.62. The molecule has 0 spiro atoms. The van der Waals surface area contributed by atoms with Crippen molar-refractivity contribution in [3.05, 3.63) is 59.4 Å². The van der Waals surface area contributed by atoms with Crippen molar-refractivity contribution in [3.63, 3.8) is 0 Å². The van der Waals surface area contributed by atoms with E-state index in [2.05, 4.69) is 31.4 Å². The van der Waals surface area contributed by atoms with Gasteiger partial charge in [0.2, 0.25) is 0 Å². The molecule has 0 aliphatic carbocycles. The molecule has 1 atom stereocenters. The Kier molecular flexibility index (Phi) is 6.45. The van der Waals surface area contributed by atoms with E-state index in [1.54, 1.807) is 27.8 Å². The van der Waals surface area contributed by atoms with E-state index >= 15 is 0 Å². The summed E-state index contributed by atoms with van der Waals surface area (Å²) in [4.78, 5) is 28.9. The largest absolute Gasteiger partial charge is 0.453 e. The zero-order valence-corrected chi connectivity index (χ0v) is 22.0. The molecule has 2 aromatic heterocycles. The maximum absolute atomic E-state index is 13.4. The first-order valence-electron chi connectivity index (χ1n) is 12.8. The van der Waals surface area contributed by atoms with Gasteiger partial charge in [-0.3, -0.25) is 10.2 Å². The Morgan fingerprint density at radius 3 is 2.77 bits per heavy atom. The number of hydrogen-bond acceptors (Lipinski definition) is 10. The summed E-state index contributed by atoms with van der Waals surface area (Å²) < 4.78 is 11.8. The lowest BCUT2D eigenvalue weighted by Crippen LogP contribution is -2.65. The van der Waals surface area contributed by atoms with Gasteiger partial charge in [0.05, 0.1) is 43.1 Å². The fourth-order valence-corrected chi connectivity index (χ4v) is 5.03. The van der Waals surface area contributed by atoms with Crippen molar-refractivity contribution >= 4 is 34.7 Å². The number of benzene rings is 1. The van der Waals surface area contributed by atoms with E-state index in [1.165, 1.54) is 7.11 Å². The van der Waals surface area contributed by atoms with Crippen LogP contribution >= 0.6 is 0 Å². The molecule has 3 aliphatic rings. The first kappa shape index (κ1) is 24.9. The van der Waals surface area contributed by atoms with Crippen LogP contribution in [0.25, 0.3) is 5.52 Å². The van der Waals surface area contributed by atoms with Crippen molar-refractivity contribution in [1.29, 1.82) is 0 Å². The number of nitrogens with one attached hydrogen (secondary N) is 3. The van der Waals surface area contributed by atoms with Gasteiger partial charge in [0.25, 0.3) is 5.91 Å². The highest BCUT2D eigenvalue weighted by molar-refractivity contribution is 6.10. The van der Waals surface area contributed by atoms with Crippen LogP contribution in [0.5, 0.6) is 0 Å². The average molecular weight is 534 g/mol. The van der Waals surface area contributed by atoms with Crippen LogP contribution in [-0.4, -0.2) is 90.0 Å². The van der Waals surface area contributed by atoms with Crippen LogP contribution in [0.3, 0.4) is 0 Å². The first-order valence-corrected chi connectivity index (χ1v) is 12.8. The number of hydrazine groups is 2. The molecular formula is C26H31N9O4. The van der Waals surface area contributed by atoms with E-state index in [0.29, 0.717) is 42.8 Å². The lowest BCUT2D eigenvalue weighted by Gasteiger charge is -2.42. The SMILES string of the molecule is COC[C@H]1CCN1c1ccn2ncc(C(=O)Nc3cc(C4=NNN(C5CN(C(=O)OC)C5)N4)ccc3C)c2c1. The standard InChI is InChI=1S/C26H31N9O4/c1-16-4-5-17(24-29-31-35(30-24)20-13-32(14-20)26(37)39-3)10-22(16)28-25(36)21-12-27-34-9-7-18(11-23(21)34)33-8-6-19(33)15-38-2/h4-5,7,9-12,19-20,31H,6,8,13-15H2,1-3H3,(H,28,36)(H,29,30)/t19-/m1/s1. The number of methoxy groups -OCH3 is 2. The van der Waals surface area contributed by atoms with E-state index in [9.17, 15) is 9.59 Å². The molecule has 0 unspecified atom stereocenters. The molecule has 3 aromatic rings. The summed E-state index contributed by atoms with van der Waals surface area (Å²) in [6, 6.07) is 10.2. The number of amides is 2. The number of aromatic nitrogens is 2. The molecule has 3 aliphatic heterocycles. The minimum atomic E-state index is -0.344. The molecule has 0 bridgehead atoms. The number of hydrogen-bond donors (Lipinski definition) is 3. The predicted molar refractivity (Wildman–Crippen MR) is 144 cm³/mol. The van der Waals surface area contributed by atoms with Gasteiger partial charge in [-0.25, -0.2) is 14.8 Å². The summed E-state index contributed by atoms with van der Waals surface area (Å²) >= 11 is 0. The van der Waals surface area contributed by atoms with Crippen LogP contribution in [0.2, 0.25) is 0 Å². The Hall–Kier alpha value is -4.36. The summed E-state index contributed by atoms with van der Waals surface area (Å²) in [6.07, 6.45) is 4.21. The molecule has 39 heavy (non-hydrogen) atoms. The molecule has 0 saturated carbocycles. The molecule has 0 radical (unpaired) electrons. The van der Waals surface area contributed by atoms with Crippen molar-refractivity contribution in [3.8, 4) is 0 Å². The van der Waals surface area contributed by atoms with Gasteiger partial charge in [0.1, 0.15) is 0 Å². The molecule has 6 rings (SSSR count). The van der Waals surface area contributed by atoms with Crippen LogP contribution in [-0.2, 0) is 9.47 Å². The molecule has 2 fully saturated rings. The average Bonchev–Trinajstić information content (AvgIpc) is 3.54. The summed E-state index contributed by atoms with van der Waals surface area (Å²) in [5, 5.41) is 13.6. The van der Waals surface area contributed by atoms with E-state index in [0.717, 1.165) is 35.3 Å². The number of ether oxygens (including phenoxy) is 2. The number of likely N-dealkylation sites (tertiary alicyclic amines) is 1. The zero-order valence-electron chi connectivity index (χ0n) is 22.0. The first-order chi connectivity index (χ1) is 18.9. The van der Waals surface area contributed by atoms with Gasteiger partial charge in [-0.1, -0.05) is 12.1 Å². The molecule has 3 N–H and O–H groups in total. The van der Waals surface area contributed by atoms with Crippen molar-refractivity contribution in [2.75, 3.05) is 50.7 Å². The Morgan fingerprint density at radius 1 is 1.18 bits per heavy atom. The lowest BCUT2D eigenvalue weighted by atomic mass is 10.0. The van der Waals surface area contributed by atoms with Gasteiger partial charge in [-0.2, -0.15) is 5.10 Å². The molecule has 2 saturated heterocycles. The van der Waals surface area contributed by atoms with Crippen LogP contribution in [0.1, 0.15) is 27.9 Å². The smallest absolute Gasteiger partial charge is 0.409 e. The van der Waals surface area contributed by atoms with Crippen LogP contribution < -0.4 is 21.2 Å². The topological polar surface area (TPSA) is 128 Å². The number of nitrogens with zero attached hydrogens (tertiary/aromatic N) is 6. The van der Waals surface area contributed by atoms with Crippen molar-refractivity contribution in [2.45, 2.75) is 25.4 Å². The second-order valence-corrected chi connectivity index (χ2v) is 9.92.